The largest absolute Gasteiger partial charge is 0.377 e. The number of nitrogens with one attached hydrogen (secondary N) is 1. The molecule has 0 radical (unpaired) electrons. The Labute approximate surface area is 147 Å². The topological polar surface area (TPSA) is 80.2 Å². The summed E-state index contributed by atoms with van der Waals surface area (Å²) in [5, 5.41) is 3.26. The monoisotopic (exact) mass is 341 g/mol. The van der Waals surface area contributed by atoms with Crippen LogP contribution in [-0.2, 0) is 16.0 Å². The van der Waals surface area contributed by atoms with Gasteiger partial charge in [0.05, 0.1) is 19.6 Å². The van der Waals surface area contributed by atoms with Crippen molar-refractivity contribution in [1.82, 2.24) is 19.9 Å². The highest BCUT2D eigenvalue weighted by atomic mass is 16.5. The van der Waals surface area contributed by atoms with E-state index >= 15 is 0 Å². The Balaban J connectivity index is 1.77. The van der Waals surface area contributed by atoms with Gasteiger partial charge in [-0.15, -0.1) is 0 Å². The molecule has 2 aromatic heterocycles. The van der Waals surface area contributed by atoms with Gasteiger partial charge in [-0.05, 0) is 32.0 Å². The first-order valence-corrected chi connectivity index (χ1v) is 8.50. The number of carbonyl (C=O) groups is 1. The van der Waals surface area contributed by atoms with Crippen molar-refractivity contribution in [1.29, 1.82) is 0 Å². The van der Waals surface area contributed by atoms with Gasteiger partial charge < -0.3 is 15.0 Å². The van der Waals surface area contributed by atoms with Gasteiger partial charge in [0.1, 0.15) is 11.9 Å². The number of hydrogen-bond acceptors (Lipinski definition) is 6. The fourth-order valence-corrected chi connectivity index (χ4v) is 2.79. The minimum atomic E-state index is -0.279. The van der Waals surface area contributed by atoms with Gasteiger partial charge in [0, 0.05) is 30.7 Å². The van der Waals surface area contributed by atoms with E-state index in [9.17, 15) is 4.79 Å². The number of anilines is 1. The van der Waals surface area contributed by atoms with Crippen LogP contribution in [0, 0.1) is 0 Å². The maximum Gasteiger partial charge on any atom is 0.229 e. The van der Waals surface area contributed by atoms with Gasteiger partial charge in [-0.2, -0.15) is 0 Å². The summed E-state index contributed by atoms with van der Waals surface area (Å²) < 4.78 is 5.58. The fourth-order valence-electron chi connectivity index (χ4n) is 2.79. The number of hydrogen-bond donors (Lipinski definition) is 1. The van der Waals surface area contributed by atoms with Crippen LogP contribution in [0.3, 0.4) is 0 Å². The third-order valence-electron chi connectivity index (χ3n) is 3.92. The molecule has 0 aromatic carbocycles. The highest BCUT2D eigenvalue weighted by molar-refractivity contribution is 5.78. The Bertz CT molecular complexity index is 708. The zero-order chi connectivity index (χ0) is 17.6. The van der Waals surface area contributed by atoms with Crippen molar-refractivity contribution in [3.05, 3.63) is 48.2 Å². The highest BCUT2D eigenvalue weighted by Crippen LogP contribution is 2.23. The van der Waals surface area contributed by atoms with Crippen LogP contribution < -0.4 is 5.32 Å². The van der Waals surface area contributed by atoms with Gasteiger partial charge in [0.25, 0.3) is 0 Å². The Morgan fingerprint density at radius 1 is 1.32 bits per heavy atom. The minimum absolute atomic E-state index is 0.0119. The number of nitrogens with zero attached hydrogens (tertiary/aromatic N) is 4. The number of carbonyl (C=O) groups excluding carboxylic acids is 1. The van der Waals surface area contributed by atoms with Crippen molar-refractivity contribution < 1.29 is 9.53 Å². The summed E-state index contributed by atoms with van der Waals surface area (Å²) in [5.74, 6) is 1.36. The Hall–Kier alpha value is -2.54. The van der Waals surface area contributed by atoms with E-state index in [4.69, 9.17) is 4.74 Å². The Kier molecular flexibility index (Phi) is 5.55. The maximum atomic E-state index is 12.8. The van der Waals surface area contributed by atoms with Crippen LogP contribution in [0.4, 0.5) is 5.82 Å². The van der Waals surface area contributed by atoms with Gasteiger partial charge >= 0.3 is 0 Å². The third kappa shape index (κ3) is 4.51. The summed E-state index contributed by atoms with van der Waals surface area (Å²) in [7, 11) is 0. The molecule has 0 spiro atoms. The molecule has 7 nitrogen and oxygen atoms in total. The first kappa shape index (κ1) is 17.3. The minimum Gasteiger partial charge on any atom is -0.377 e. The summed E-state index contributed by atoms with van der Waals surface area (Å²) >= 11 is 0. The summed E-state index contributed by atoms with van der Waals surface area (Å²) in [6, 6.07) is 7.40. The van der Waals surface area contributed by atoms with Crippen LogP contribution in [0.2, 0.25) is 0 Å². The van der Waals surface area contributed by atoms with Gasteiger partial charge in [0.2, 0.25) is 5.91 Å². The number of pyridine rings is 1. The highest BCUT2D eigenvalue weighted by Gasteiger charge is 2.31. The van der Waals surface area contributed by atoms with Crippen LogP contribution in [-0.4, -0.2) is 51.6 Å². The molecule has 1 atom stereocenters. The molecule has 25 heavy (non-hydrogen) atoms. The molecule has 0 unspecified atom stereocenters. The second-order valence-corrected chi connectivity index (χ2v) is 6.27. The SMILES string of the molecule is CC(C)Nc1ccnc([C@@H]2COCCN2C(=O)Cc2ccccn2)n1. The summed E-state index contributed by atoms with van der Waals surface area (Å²) in [4.78, 5) is 27.7. The van der Waals surface area contributed by atoms with E-state index in [-0.39, 0.29) is 24.4 Å². The summed E-state index contributed by atoms with van der Waals surface area (Å²) in [6.07, 6.45) is 3.67. The van der Waals surface area contributed by atoms with E-state index in [1.807, 2.05) is 38.1 Å². The van der Waals surface area contributed by atoms with E-state index in [1.54, 1.807) is 17.3 Å². The Morgan fingerprint density at radius 3 is 2.96 bits per heavy atom. The van der Waals surface area contributed by atoms with Crippen molar-refractivity contribution in [2.24, 2.45) is 0 Å². The second-order valence-electron chi connectivity index (χ2n) is 6.27. The molecule has 1 saturated heterocycles. The molecule has 0 bridgehead atoms. The summed E-state index contributed by atoms with van der Waals surface area (Å²) in [5.41, 5.74) is 0.758. The molecule has 0 aliphatic carbocycles. The first-order chi connectivity index (χ1) is 12.1. The number of rotatable bonds is 5. The molecular weight excluding hydrogens is 318 g/mol. The van der Waals surface area contributed by atoms with E-state index in [0.717, 1.165) is 11.5 Å². The number of morpholine rings is 1. The lowest BCUT2D eigenvalue weighted by Gasteiger charge is -2.34. The molecule has 0 saturated carbocycles. The van der Waals surface area contributed by atoms with Gasteiger partial charge in [-0.3, -0.25) is 9.78 Å². The molecule has 7 heteroatoms. The molecule has 1 amide bonds. The number of ether oxygens (including phenoxy) is 1. The van der Waals surface area contributed by atoms with Gasteiger partial charge in [-0.25, -0.2) is 9.97 Å². The predicted octanol–water partition coefficient (Wildman–Crippen LogP) is 1.83. The standard InChI is InChI=1S/C18H23N5O2/c1-13(2)21-16-6-8-20-18(22-16)15-12-25-10-9-23(15)17(24)11-14-5-3-4-7-19-14/h3-8,13,15H,9-12H2,1-2H3,(H,20,21,22)/t15-/m0/s1. The molecule has 3 rings (SSSR count). The lowest BCUT2D eigenvalue weighted by Crippen LogP contribution is -2.44. The van der Waals surface area contributed by atoms with Crippen LogP contribution in [0.5, 0.6) is 0 Å². The summed E-state index contributed by atoms with van der Waals surface area (Å²) in [6.45, 7) is 5.55. The first-order valence-electron chi connectivity index (χ1n) is 8.50. The quantitative estimate of drug-likeness (QED) is 0.894. The van der Waals surface area contributed by atoms with Crippen LogP contribution in [0.25, 0.3) is 0 Å². The normalized spacial score (nSPS) is 17.6. The van der Waals surface area contributed by atoms with Gasteiger partial charge in [0.15, 0.2) is 5.82 Å². The predicted molar refractivity (Wildman–Crippen MR) is 94.0 cm³/mol. The average Bonchev–Trinajstić information content (AvgIpc) is 2.62. The van der Waals surface area contributed by atoms with Crippen molar-refractivity contribution in [2.75, 3.05) is 25.1 Å². The van der Waals surface area contributed by atoms with Crippen molar-refractivity contribution >= 4 is 11.7 Å². The lowest BCUT2D eigenvalue weighted by atomic mass is 10.1. The van der Waals surface area contributed by atoms with Crippen LogP contribution in [0.1, 0.15) is 31.4 Å². The van der Waals surface area contributed by atoms with Crippen molar-refractivity contribution in [3.8, 4) is 0 Å². The number of aromatic nitrogens is 3. The molecule has 1 fully saturated rings. The smallest absolute Gasteiger partial charge is 0.229 e. The van der Waals surface area contributed by atoms with Crippen molar-refractivity contribution in [3.63, 3.8) is 0 Å². The lowest BCUT2D eigenvalue weighted by molar-refractivity contribution is -0.139. The molecule has 2 aromatic rings. The molecular formula is C18H23N5O2. The van der Waals surface area contributed by atoms with E-state index < -0.39 is 0 Å². The number of amides is 1. The van der Waals surface area contributed by atoms with Gasteiger partial charge in [-0.1, -0.05) is 6.07 Å². The van der Waals surface area contributed by atoms with Crippen molar-refractivity contribution in [2.45, 2.75) is 32.4 Å². The fraction of sp³-hybridized carbons (Fsp3) is 0.444. The van der Waals surface area contributed by atoms with E-state index in [1.165, 1.54) is 0 Å². The van der Waals surface area contributed by atoms with Crippen LogP contribution >= 0.6 is 0 Å². The molecule has 1 aliphatic rings. The zero-order valence-corrected chi connectivity index (χ0v) is 14.6. The maximum absolute atomic E-state index is 12.8. The second kappa shape index (κ2) is 8.02. The molecule has 1 aliphatic heterocycles. The Morgan fingerprint density at radius 2 is 2.20 bits per heavy atom. The zero-order valence-electron chi connectivity index (χ0n) is 14.6. The molecule has 1 N–H and O–H groups in total. The molecule has 132 valence electrons. The molecule has 3 heterocycles. The van der Waals surface area contributed by atoms with Crippen LogP contribution in [0.15, 0.2) is 36.7 Å². The van der Waals surface area contributed by atoms with E-state index in [0.29, 0.717) is 25.6 Å². The third-order valence-corrected chi connectivity index (χ3v) is 3.92. The average molecular weight is 341 g/mol. The van der Waals surface area contributed by atoms with E-state index in [2.05, 4.69) is 20.3 Å².